The molecule has 0 saturated heterocycles. The summed E-state index contributed by atoms with van der Waals surface area (Å²) in [4.78, 5) is 12.6. The number of aromatic nitrogens is 3. The maximum Gasteiger partial charge on any atom is 0.234 e. The summed E-state index contributed by atoms with van der Waals surface area (Å²) >= 11 is 7.28. The van der Waals surface area contributed by atoms with Crippen molar-refractivity contribution in [2.45, 2.75) is 19.0 Å². The van der Waals surface area contributed by atoms with E-state index in [9.17, 15) is 9.18 Å². The average molecular weight is 467 g/mol. The SMILES string of the molecule is Cc1cccc(NC(=O)CSc2nnc(-c3ccc(Cl)cc3)n2-c2ccc(F)cc2)c1C. The summed E-state index contributed by atoms with van der Waals surface area (Å²) in [5, 5.41) is 12.7. The van der Waals surface area contributed by atoms with Crippen molar-refractivity contribution < 1.29 is 9.18 Å². The molecular weight excluding hydrogens is 447 g/mol. The third-order valence-electron chi connectivity index (χ3n) is 5.03. The first-order valence-electron chi connectivity index (χ1n) is 9.88. The number of nitrogens with zero attached hydrogens (tertiary/aromatic N) is 3. The Labute approximate surface area is 194 Å². The summed E-state index contributed by atoms with van der Waals surface area (Å²) in [5.41, 5.74) is 4.43. The minimum atomic E-state index is -0.336. The number of hydrogen-bond acceptors (Lipinski definition) is 4. The van der Waals surface area contributed by atoms with E-state index in [1.54, 1.807) is 28.8 Å². The molecule has 4 aromatic rings. The Kier molecular flexibility index (Phi) is 6.58. The summed E-state index contributed by atoms with van der Waals surface area (Å²) in [6.45, 7) is 3.98. The topological polar surface area (TPSA) is 59.8 Å². The molecule has 0 aliphatic carbocycles. The molecule has 0 aliphatic rings. The Morgan fingerprint density at radius 1 is 1.03 bits per heavy atom. The molecule has 0 unspecified atom stereocenters. The van der Waals surface area contributed by atoms with Crippen molar-refractivity contribution >= 4 is 35.0 Å². The smallest absolute Gasteiger partial charge is 0.234 e. The zero-order valence-electron chi connectivity index (χ0n) is 17.5. The van der Waals surface area contributed by atoms with E-state index in [-0.39, 0.29) is 17.5 Å². The van der Waals surface area contributed by atoms with Gasteiger partial charge >= 0.3 is 0 Å². The highest BCUT2D eigenvalue weighted by Gasteiger charge is 2.18. The highest BCUT2D eigenvalue weighted by Crippen LogP contribution is 2.29. The Morgan fingerprint density at radius 2 is 1.75 bits per heavy atom. The number of nitrogens with one attached hydrogen (secondary N) is 1. The number of carbonyl (C=O) groups excluding carboxylic acids is 1. The summed E-state index contributed by atoms with van der Waals surface area (Å²) < 4.78 is 15.3. The van der Waals surface area contributed by atoms with Crippen LogP contribution in [0.3, 0.4) is 0 Å². The van der Waals surface area contributed by atoms with Gasteiger partial charge < -0.3 is 5.32 Å². The standard InChI is InChI=1S/C24H20ClFN4OS/c1-15-4-3-5-21(16(15)2)27-22(31)14-32-24-29-28-23(17-6-8-18(25)9-7-17)30(24)20-12-10-19(26)11-13-20/h3-13H,14H2,1-2H3,(H,27,31). The normalized spacial score (nSPS) is 10.9. The largest absolute Gasteiger partial charge is 0.325 e. The molecule has 5 nitrogen and oxygen atoms in total. The van der Waals surface area contributed by atoms with Crippen LogP contribution in [0.5, 0.6) is 0 Å². The van der Waals surface area contributed by atoms with Crippen molar-refractivity contribution in [3.05, 3.63) is 88.7 Å². The second-order valence-corrected chi connectivity index (χ2v) is 8.59. The molecule has 8 heteroatoms. The van der Waals surface area contributed by atoms with Crippen molar-refractivity contribution in [3.63, 3.8) is 0 Å². The van der Waals surface area contributed by atoms with E-state index >= 15 is 0 Å². The van der Waals surface area contributed by atoms with Gasteiger partial charge in [0.25, 0.3) is 0 Å². The summed E-state index contributed by atoms with van der Waals surface area (Å²) in [6, 6.07) is 19.1. The lowest BCUT2D eigenvalue weighted by Gasteiger charge is -2.12. The number of halogens is 2. The number of rotatable bonds is 6. The monoisotopic (exact) mass is 466 g/mol. The van der Waals surface area contributed by atoms with E-state index in [4.69, 9.17) is 11.6 Å². The maximum absolute atomic E-state index is 13.5. The molecule has 0 fully saturated rings. The molecule has 0 bridgehead atoms. The molecular formula is C24H20ClFN4OS. The number of amides is 1. The van der Waals surface area contributed by atoms with Crippen LogP contribution in [0.25, 0.3) is 17.1 Å². The van der Waals surface area contributed by atoms with Crippen LogP contribution < -0.4 is 5.32 Å². The summed E-state index contributed by atoms with van der Waals surface area (Å²) in [7, 11) is 0. The molecule has 1 amide bonds. The van der Waals surface area contributed by atoms with Gasteiger partial charge in [0.15, 0.2) is 11.0 Å². The van der Waals surface area contributed by atoms with Gasteiger partial charge in [0.2, 0.25) is 5.91 Å². The Hall–Kier alpha value is -3.16. The fourth-order valence-corrected chi connectivity index (χ4v) is 4.05. The van der Waals surface area contributed by atoms with E-state index in [1.165, 1.54) is 23.9 Å². The Balaban J connectivity index is 1.60. The van der Waals surface area contributed by atoms with Crippen LogP contribution in [0.4, 0.5) is 10.1 Å². The van der Waals surface area contributed by atoms with Gasteiger partial charge in [-0.1, -0.05) is 35.5 Å². The number of hydrogen-bond donors (Lipinski definition) is 1. The quantitative estimate of drug-likeness (QED) is 0.350. The van der Waals surface area contributed by atoms with Crippen molar-refractivity contribution in [3.8, 4) is 17.1 Å². The number of aryl methyl sites for hydroxylation is 1. The number of anilines is 1. The van der Waals surface area contributed by atoms with Gasteiger partial charge in [0.05, 0.1) is 5.75 Å². The van der Waals surface area contributed by atoms with Crippen LogP contribution in [0.1, 0.15) is 11.1 Å². The molecule has 0 radical (unpaired) electrons. The zero-order valence-corrected chi connectivity index (χ0v) is 19.0. The predicted molar refractivity (Wildman–Crippen MR) is 127 cm³/mol. The molecule has 32 heavy (non-hydrogen) atoms. The number of benzene rings is 3. The predicted octanol–water partition coefficient (Wildman–Crippen LogP) is 6.07. The Bertz CT molecular complexity index is 1260. The minimum Gasteiger partial charge on any atom is -0.325 e. The first kappa shape index (κ1) is 22.0. The van der Waals surface area contributed by atoms with Crippen LogP contribution in [0.2, 0.25) is 5.02 Å². The lowest BCUT2D eigenvalue weighted by Crippen LogP contribution is -2.15. The fourth-order valence-electron chi connectivity index (χ4n) is 3.18. The van der Waals surface area contributed by atoms with E-state index in [2.05, 4.69) is 15.5 Å². The van der Waals surface area contributed by atoms with Crippen LogP contribution in [-0.4, -0.2) is 26.4 Å². The maximum atomic E-state index is 13.5. The highest BCUT2D eigenvalue weighted by molar-refractivity contribution is 7.99. The van der Waals surface area contributed by atoms with E-state index < -0.39 is 0 Å². The van der Waals surface area contributed by atoms with Gasteiger partial charge in [0, 0.05) is 22.0 Å². The van der Waals surface area contributed by atoms with Crippen molar-refractivity contribution in [1.29, 1.82) is 0 Å². The molecule has 0 aliphatic heterocycles. The van der Waals surface area contributed by atoms with Crippen LogP contribution >= 0.6 is 23.4 Å². The Morgan fingerprint density at radius 3 is 2.47 bits per heavy atom. The lowest BCUT2D eigenvalue weighted by atomic mass is 10.1. The van der Waals surface area contributed by atoms with Crippen LogP contribution in [0, 0.1) is 19.7 Å². The number of carbonyl (C=O) groups is 1. The van der Waals surface area contributed by atoms with E-state index in [1.807, 2.05) is 44.2 Å². The van der Waals surface area contributed by atoms with Crippen LogP contribution in [0.15, 0.2) is 71.9 Å². The summed E-state index contributed by atoms with van der Waals surface area (Å²) in [5.74, 6) is 0.237. The molecule has 1 aromatic heterocycles. The van der Waals surface area contributed by atoms with E-state index in [0.29, 0.717) is 21.7 Å². The zero-order chi connectivity index (χ0) is 22.7. The van der Waals surface area contributed by atoms with Gasteiger partial charge in [-0.2, -0.15) is 0 Å². The molecule has 162 valence electrons. The van der Waals surface area contributed by atoms with Gasteiger partial charge in [-0.25, -0.2) is 4.39 Å². The molecule has 3 aromatic carbocycles. The van der Waals surface area contributed by atoms with Gasteiger partial charge in [-0.05, 0) is 79.6 Å². The molecule has 0 spiro atoms. The highest BCUT2D eigenvalue weighted by atomic mass is 35.5. The second-order valence-electron chi connectivity index (χ2n) is 7.21. The molecule has 1 heterocycles. The van der Waals surface area contributed by atoms with Crippen molar-refractivity contribution in [2.75, 3.05) is 11.1 Å². The summed E-state index contributed by atoms with van der Waals surface area (Å²) in [6.07, 6.45) is 0. The third kappa shape index (κ3) is 4.84. The van der Waals surface area contributed by atoms with Gasteiger partial charge in [-0.3, -0.25) is 9.36 Å². The van der Waals surface area contributed by atoms with Crippen molar-refractivity contribution in [2.24, 2.45) is 0 Å². The average Bonchev–Trinajstić information content (AvgIpc) is 3.20. The van der Waals surface area contributed by atoms with E-state index in [0.717, 1.165) is 22.4 Å². The third-order valence-corrected chi connectivity index (χ3v) is 6.21. The van der Waals surface area contributed by atoms with Crippen molar-refractivity contribution in [1.82, 2.24) is 14.8 Å². The first-order valence-corrected chi connectivity index (χ1v) is 11.2. The molecule has 1 N–H and O–H groups in total. The first-order chi connectivity index (χ1) is 15.4. The van der Waals surface area contributed by atoms with Gasteiger partial charge in [-0.15, -0.1) is 10.2 Å². The van der Waals surface area contributed by atoms with Gasteiger partial charge in [0.1, 0.15) is 5.82 Å². The number of thioether (sulfide) groups is 1. The minimum absolute atomic E-state index is 0.146. The second kappa shape index (κ2) is 9.54. The fraction of sp³-hybridized carbons (Fsp3) is 0.125. The van der Waals surface area contributed by atoms with Crippen LogP contribution in [-0.2, 0) is 4.79 Å². The molecule has 0 saturated carbocycles. The molecule has 4 rings (SSSR count). The molecule has 0 atom stereocenters. The lowest BCUT2D eigenvalue weighted by molar-refractivity contribution is -0.113.